The van der Waals surface area contributed by atoms with Crippen molar-refractivity contribution in [3.8, 4) is 22.0 Å². The van der Waals surface area contributed by atoms with Crippen LogP contribution in [0.1, 0.15) is 5.56 Å². The average Bonchev–Trinajstić information content (AvgIpc) is 3.28. The second-order valence-electron chi connectivity index (χ2n) is 5.72. The third-order valence-corrected chi connectivity index (χ3v) is 5.88. The fraction of sp³-hybridized carbons (Fsp3) is 0.0526. The van der Waals surface area contributed by atoms with E-state index in [2.05, 4.69) is 65.4 Å². The Bertz CT molecular complexity index is 1130. The van der Waals surface area contributed by atoms with Crippen molar-refractivity contribution in [3.05, 3.63) is 65.7 Å². The Morgan fingerprint density at radius 3 is 2.62 bits per heavy atom. The molecule has 0 aliphatic carbocycles. The van der Waals surface area contributed by atoms with Gasteiger partial charge in [0.15, 0.2) is 4.96 Å². The number of para-hydroxylation sites is 1. The predicted octanol–water partition coefficient (Wildman–Crippen LogP) is 5.65. The van der Waals surface area contributed by atoms with E-state index in [-0.39, 0.29) is 0 Å². The maximum Gasteiger partial charge on any atom is 0.194 e. The lowest BCUT2D eigenvalue weighted by atomic mass is 10.1. The van der Waals surface area contributed by atoms with Gasteiger partial charge in [-0.05, 0) is 19.1 Å². The van der Waals surface area contributed by atoms with Crippen molar-refractivity contribution in [2.45, 2.75) is 6.92 Å². The molecule has 0 saturated heterocycles. The fourth-order valence-electron chi connectivity index (χ4n) is 2.88. The lowest BCUT2D eigenvalue weighted by molar-refractivity contribution is 1.23. The van der Waals surface area contributed by atoms with Gasteiger partial charge in [-0.25, -0.2) is 9.97 Å². The van der Waals surface area contributed by atoms with E-state index in [1.807, 2.05) is 6.07 Å². The molecule has 3 nitrogen and oxygen atoms in total. The maximum absolute atomic E-state index is 4.87. The van der Waals surface area contributed by atoms with Crippen LogP contribution in [0.4, 0.5) is 0 Å². The lowest BCUT2D eigenvalue weighted by Gasteiger charge is -2.02. The van der Waals surface area contributed by atoms with Crippen LogP contribution in [0.25, 0.3) is 37.1 Å². The molecule has 24 heavy (non-hydrogen) atoms. The molecule has 5 rings (SSSR count). The second kappa shape index (κ2) is 5.26. The molecule has 0 fully saturated rings. The SMILES string of the molecule is Cc1ccc(-c2nc3sccn3c2-c2nc3ccccc3s2)cc1. The van der Waals surface area contributed by atoms with Gasteiger partial charge in [0.25, 0.3) is 0 Å². The summed E-state index contributed by atoms with van der Waals surface area (Å²) >= 11 is 3.37. The van der Waals surface area contributed by atoms with Gasteiger partial charge >= 0.3 is 0 Å². The van der Waals surface area contributed by atoms with E-state index in [0.717, 1.165) is 32.4 Å². The van der Waals surface area contributed by atoms with Crippen molar-refractivity contribution in [1.29, 1.82) is 0 Å². The van der Waals surface area contributed by atoms with E-state index in [4.69, 9.17) is 9.97 Å². The van der Waals surface area contributed by atoms with Crippen LogP contribution < -0.4 is 0 Å². The Hall–Kier alpha value is -2.50. The van der Waals surface area contributed by atoms with Crippen LogP contribution in [0.2, 0.25) is 0 Å². The van der Waals surface area contributed by atoms with E-state index in [9.17, 15) is 0 Å². The predicted molar refractivity (Wildman–Crippen MR) is 102 cm³/mol. The van der Waals surface area contributed by atoms with E-state index >= 15 is 0 Å². The van der Waals surface area contributed by atoms with Crippen molar-refractivity contribution < 1.29 is 0 Å². The van der Waals surface area contributed by atoms with Crippen molar-refractivity contribution in [3.63, 3.8) is 0 Å². The van der Waals surface area contributed by atoms with Crippen LogP contribution in [0.5, 0.6) is 0 Å². The first-order valence-corrected chi connectivity index (χ1v) is 9.38. The van der Waals surface area contributed by atoms with Crippen LogP contribution in [0.15, 0.2) is 60.1 Å². The summed E-state index contributed by atoms with van der Waals surface area (Å²) in [7, 11) is 0. The Morgan fingerprint density at radius 1 is 0.958 bits per heavy atom. The van der Waals surface area contributed by atoms with E-state index in [0.29, 0.717) is 0 Å². The molecule has 0 unspecified atom stereocenters. The van der Waals surface area contributed by atoms with Crippen LogP contribution in [0, 0.1) is 6.92 Å². The number of hydrogen-bond donors (Lipinski definition) is 0. The lowest BCUT2D eigenvalue weighted by Crippen LogP contribution is -1.87. The number of aryl methyl sites for hydroxylation is 1. The minimum Gasteiger partial charge on any atom is -0.287 e. The molecule has 0 aliphatic heterocycles. The van der Waals surface area contributed by atoms with Crippen molar-refractivity contribution >= 4 is 37.9 Å². The Balaban J connectivity index is 1.81. The molecule has 116 valence electrons. The summed E-state index contributed by atoms with van der Waals surface area (Å²) in [4.78, 5) is 10.7. The summed E-state index contributed by atoms with van der Waals surface area (Å²) < 4.78 is 3.35. The van der Waals surface area contributed by atoms with Crippen molar-refractivity contribution in [2.75, 3.05) is 0 Å². The Labute approximate surface area is 146 Å². The van der Waals surface area contributed by atoms with Gasteiger partial charge < -0.3 is 0 Å². The fourth-order valence-corrected chi connectivity index (χ4v) is 4.60. The summed E-state index contributed by atoms with van der Waals surface area (Å²) in [5.74, 6) is 0. The van der Waals surface area contributed by atoms with E-state index in [1.54, 1.807) is 22.7 Å². The highest BCUT2D eigenvalue weighted by Crippen LogP contribution is 2.38. The normalized spacial score (nSPS) is 11.5. The van der Waals surface area contributed by atoms with Gasteiger partial charge in [-0.15, -0.1) is 22.7 Å². The molecule has 5 aromatic rings. The number of aromatic nitrogens is 3. The molecule has 2 aromatic carbocycles. The largest absolute Gasteiger partial charge is 0.287 e. The molecule has 0 radical (unpaired) electrons. The van der Waals surface area contributed by atoms with Gasteiger partial charge in [-0.1, -0.05) is 42.0 Å². The van der Waals surface area contributed by atoms with Crippen molar-refractivity contribution in [2.24, 2.45) is 0 Å². The van der Waals surface area contributed by atoms with Gasteiger partial charge in [0.1, 0.15) is 16.4 Å². The summed E-state index contributed by atoms with van der Waals surface area (Å²) in [5, 5.41) is 3.08. The highest BCUT2D eigenvalue weighted by atomic mass is 32.1. The number of hydrogen-bond acceptors (Lipinski definition) is 4. The zero-order valence-corrected chi connectivity index (χ0v) is 14.6. The summed E-state index contributed by atoms with van der Waals surface area (Å²) in [6.45, 7) is 2.10. The first-order valence-electron chi connectivity index (χ1n) is 7.68. The molecule has 0 spiro atoms. The quantitative estimate of drug-likeness (QED) is 0.413. The molecule has 0 aliphatic rings. The number of thiazole rings is 2. The number of rotatable bonds is 2. The number of imidazole rings is 1. The van der Waals surface area contributed by atoms with Crippen LogP contribution >= 0.6 is 22.7 Å². The summed E-state index contributed by atoms with van der Waals surface area (Å²) in [6, 6.07) is 16.8. The van der Waals surface area contributed by atoms with E-state index < -0.39 is 0 Å². The first-order chi connectivity index (χ1) is 11.8. The molecule has 0 atom stereocenters. The molecule has 0 N–H and O–H groups in total. The third-order valence-electron chi connectivity index (χ3n) is 4.08. The number of fused-ring (bicyclic) bond motifs is 2. The molecule has 0 saturated carbocycles. The molecule has 5 heteroatoms. The zero-order chi connectivity index (χ0) is 16.1. The number of nitrogens with zero attached hydrogens (tertiary/aromatic N) is 3. The van der Waals surface area contributed by atoms with E-state index in [1.165, 1.54) is 10.3 Å². The van der Waals surface area contributed by atoms with Crippen LogP contribution in [-0.2, 0) is 0 Å². The second-order valence-corrected chi connectivity index (χ2v) is 7.62. The highest BCUT2D eigenvalue weighted by Gasteiger charge is 2.19. The maximum atomic E-state index is 4.87. The average molecular weight is 347 g/mol. The van der Waals surface area contributed by atoms with Crippen LogP contribution in [0.3, 0.4) is 0 Å². The smallest absolute Gasteiger partial charge is 0.194 e. The minimum absolute atomic E-state index is 1.000. The molecule has 0 bridgehead atoms. The van der Waals surface area contributed by atoms with Gasteiger partial charge in [-0.3, -0.25) is 4.40 Å². The first kappa shape index (κ1) is 13.9. The van der Waals surface area contributed by atoms with Crippen LogP contribution in [-0.4, -0.2) is 14.4 Å². The topological polar surface area (TPSA) is 30.2 Å². The number of benzene rings is 2. The molecular weight excluding hydrogens is 334 g/mol. The molecule has 0 amide bonds. The van der Waals surface area contributed by atoms with Gasteiger partial charge in [-0.2, -0.15) is 0 Å². The summed E-state index contributed by atoms with van der Waals surface area (Å²) in [5.41, 5.74) is 5.50. The zero-order valence-electron chi connectivity index (χ0n) is 12.9. The van der Waals surface area contributed by atoms with Gasteiger partial charge in [0, 0.05) is 17.1 Å². The molecule has 3 aromatic heterocycles. The Kier molecular flexibility index (Phi) is 3.04. The van der Waals surface area contributed by atoms with Gasteiger partial charge in [0.05, 0.1) is 10.2 Å². The Morgan fingerprint density at radius 2 is 1.79 bits per heavy atom. The van der Waals surface area contributed by atoms with Gasteiger partial charge in [0.2, 0.25) is 0 Å². The van der Waals surface area contributed by atoms with Crippen molar-refractivity contribution in [1.82, 2.24) is 14.4 Å². The monoisotopic (exact) mass is 347 g/mol. The molecule has 3 heterocycles. The molecular formula is C19H13N3S2. The standard InChI is InChI=1S/C19H13N3S2/c1-12-6-8-13(9-7-12)16-17(22-10-11-23-19(22)21-16)18-20-14-4-2-3-5-15(14)24-18/h2-11H,1H3. The third kappa shape index (κ3) is 2.09. The highest BCUT2D eigenvalue weighted by molar-refractivity contribution is 7.21. The summed E-state index contributed by atoms with van der Waals surface area (Å²) in [6.07, 6.45) is 2.08. The minimum atomic E-state index is 1.000.